The highest BCUT2D eigenvalue weighted by Gasteiger charge is 2.29. The van der Waals surface area contributed by atoms with Crippen molar-refractivity contribution in [1.82, 2.24) is 9.44 Å². The van der Waals surface area contributed by atoms with Crippen LogP contribution >= 0.6 is 12.2 Å². The van der Waals surface area contributed by atoms with Crippen molar-refractivity contribution in [3.05, 3.63) is 35.9 Å². The van der Waals surface area contributed by atoms with Crippen molar-refractivity contribution in [3.8, 4) is 0 Å². The molecule has 1 aromatic rings. The van der Waals surface area contributed by atoms with Gasteiger partial charge in [-0.3, -0.25) is 0 Å². The number of nitrogens with two attached hydrogens (primary N) is 1. The minimum absolute atomic E-state index is 0.0465. The zero-order valence-electron chi connectivity index (χ0n) is 9.67. The molecule has 0 aromatic heterocycles. The molecule has 1 saturated carbocycles. The van der Waals surface area contributed by atoms with Crippen LogP contribution in [0.2, 0.25) is 0 Å². The van der Waals surface area contributed by atoms with Gasteiger partial charge < -0.3 is 5.73 Å². The average Bonchev–Trinajstić information content (AvgIpc) is 3.10. The summed E-state index contributed by atoms with van der Waals surface area (Å²) in [5.41, 5.74) is 6.33. The van der Waals surface area contributed by atoms with Crippen molar-refractivity contribution >= 4 is 27.4 Å². The smallest absolute Gasteiger partial charge is 0.278 e. The molecular formula is C11H15N3O2S2. The van der Waals surface area contributed by atoms with E-state index in [1.165, 1.54) is 0 Å². The minimum Gasteiger partial charge on any atom is -0.392 e. The molecule has 5 nitrogen and oxygen atoms in total. The molecule has 18 heavy (non-hydrogen) atoms. The first-order valence-electron chi connectivity index (χ1n) is 5.62. The Kier molecular flexibility index (Phi) is 3.96. The van der Waals surface area contributed by atoms with Crippen LogP contribution in [0, 0.1) is 0 Å². The Balaban J connectivity index is 2.14. The van der Waals surface area contributed by atoms with Crippen molar-refractivity contribution in [2.75, 3.05) is 0 Å². The van der Waals surface area contributed by atoms with E-state index in [9.17, 15) is 8.42 Å². The molecule has 1 unspecified atom stereocenters. The van der Waals surface area contributed by atoms with Gasteiger partial charge in [-0.05, 0) is 18.4 Å². The molecule has 0 bridgehead atoms. The van der Waals surface area contributed by atoms with E-state index in [0.717, 1.165) is 18.4 Å². The van der Waals surface area contributed by atoms with E-state index in [1.54, 1.807) is 12.1 Å². The highest BCUT2D eigenvalue weighted by molar-refractivity contribution is 7.87. The topological polar surface area (TPSA) is 84.2 Å². The van der Waals surface area contributed by atoms with Crippen LogP contribution in [-0.2, 0) is 10.2 Å². The molecule has 4 N–H and O–H groups in total. The monoisotopic (exact) mass is 285 g/mol. The molecule has 0 aliphatic heterocycles. The molecule has 0 saturated heterocycles. The zero-order chi connectivity index (χ0) is 13.2. The van der Waals surface area contributed by atoms with Gasteiger partial charge >= 0.3 is 0 Å². The van der Waals surface area contributed by atoms with Crippen molar-refractivity contribution < 1.29 is 8.42 Å². The van der Waals surface area contributed by atoms with Gasteiger partial charge in [-0.2, -0.15) is 17.9 Å². The Hall–Kier alpha value is -1.02. The van der Waals surface area contributed by atoms with Crippen LogP contribution in [0.4, 0.5) is 0 Å². The van der Waals surface area contributed by atoms with Crippen LogP contribution in [-0.4, -0.2) is 19.4 Å². The van der Waals surface area contributed by atoms with E-state index in [-0.39, 0.29) is 11.0 Å². The lowest BCUT2D eigenvalue weighted by Crippen LogP contribution is -2.43. The van der Waals surface area contributed by atoms with Gasteiger partial charge in [-0.25, -0.2) is 0 Å². The third-order valence-corrected chi connectivity index (χ3v) is 4.01. The number of thiocarbonyl (C=S) groups is 1. The fraction of sp³-hybridized carbons (Fsp3) is 0.364. The standard InChI is InChI=1S/C11H15N3O2S2/c12-11(17)10(8-4-2-1-3-5-8)14-18(15,16)13-9-6-7-9/h1-5,9-10,13-14H,6-7H2,(H2,12,17). The van der Waals surface area contributed by atoms with Crippen LogP contribution in [0.15, 0.2) is 30.3 Å². The summed E-state index contributed by atoms with van der Waals surface area (Å²) < 4.78 is 28.7. The van der Waals surface area contributed by atoms with Crippen molar-refractivity contribution in [1.29, 1.82) is 0 Å². The first-order chi connectivity index (χ1) is 8.48. The van der Waals surface area contributed by atoms with Gasteiger partial charge in [0.05, 0.1) is 11.0 Å². The third kappa shape index (κ3) is 3.74. The lowest BCUT2D eigenvalue weighted by Gasteiger charge is -2.18. The molecule has 1 atom stereocenters. The van der Waals surface area contributed by atoms with Crippen LogP contribution in [0.5, 0.6) is 0 Å². The Morgan fingerprint density at radius 3 is 2.44 bits per heavy atom. The third-order valence-electron chi connectivity index (χ3n) is 2.59. The Morgan fingerprint density at radius 1 is 1.33 bits per heavy atom. The maximum atomic E-state index is 11.8. The molecule has 1 fully saturated rings. The number of nitrogens with one attached hydrogen (secondary N) is 2. The molecule has 0 radical (unpaired) electrons. The quantitative estimate of drug-likeness (QED) is 0.668. The zero-order valence-corrected chi connectivity index (χ0v) is 11.3. The van der Waals surface area contributed by atoms with Gasteiger partial charge in [0.2, 0.25) is 0 Å². The Labute approximate surface area is 112 Å². The van der Waals surface area contributed by atoms with Gasteiger partial charge in [0.25, 0.3) is 10.2 Å². The predicted octanol–water partition coefficient (Wildman–Crippen LogP) is 0.600. The van der Waals surface area contributed by atoms with Gasteiger partial charge in [-0.15, -0.1) is 0 Å². The van der Waals surface area contributed by atoms with E-state index in [1.807, 2.05) is 18.2 Å². The van der Waals surface area contributed by atoms with Crippen molar-refractivity contribution in [2.45, 2.75) is 24.9 Å². The number of benzene rings is 1. The highest BCUT2D eigenvalue weighted by atomic mass is 32.2. The summed E-state index contributed by atoms with van der Waals surface area (Å²) in [5.74, 6) is 0. The summed E-state index contributed by atoms with van der Waals surface area (Å²) in [6, 6.07) is 8.39. The largest absolute Gasteiger partial charge is 0.392 e. The lowest BCUT2D eigenvalue weighted by molar-refractivity contribution is 0.561. The first kappa shape index (κ1) is 13.4. The fourth-order valence-corrected chi connectivity index (χ4v) is 3.13. The molecule has 1 aliphatic rings. The molecule has 0 heterocycles. The van der Waals surface area contributed by atoms with E-state index in [2.05, 4.69) is 9.44 Å². The van der Waals surface area contributed by atoms with Crippen molar-refractivity contribution in [2.24, 2.45) is 5.73 Å². The molecule has 1 aromatic carbocycles. The van der Waals surface area contributed by atoms with Gasteiger partial charge in [0.15, 0.2) is 0 Å². The summed E-state index contributed by atoms with van der Waals surface area (Å²) in [4.78, 5) is 0.0994. The second-order valence-electron chi connectivity index (χ2n) is 4.26. The van der Waals surface area contributed by atoms with Crippen LogP contribution in [0.1, 0.15) is 24.4 Å². The van der Waals surface area contributed by atoms with Crippen LogP contribution in [0.25, 0.3) is 0 Å². The van der Waals surface area contributed by atoms with Gasteiger partial charge in [-0.1, -0.05) is 42.5 Å². The fourth-order valence-electron chi connectivity index (χ4n) is 1.55. The maximum absolute atomic E-state index is 11.8. The molecule has 1 aliphatic carbocycles. The maximum Gasteiger partial charge on any atom is 0.278 e. The summed E-state index contributed by atoms with van der Waals surface area (Å²) in [6.45, 7) is 0. The highest BCUT2D eigenvalue weighted by Crippen LogP contribution is 2.20. The summed E-state index contributed by atoms with van der Waals surface area (Å²) >= 11 is 4.92. The Morgan fingerprint density at radius 2 is 1.94 bits per heavy atom. The number of hydrogen-bond acceptors (Lipinski definition) is 3. The van der Waals surface area contributed by atoms with Crippen LogP contribution in [0.3, 0.4) is 0 Å². The number of rotatable bonds is 6. The van der Waals surface area contributed by atoms with Gasteiger partial charge in [0, 0.05) is 6.04 Å². The minimum atomic E-state index is -3.58. The molecule has 0 amide bonds. The Bertz CT molecular complexity index is 526. The van der Waals surface area contributed by atoms with Crippen LogP contribution < -0.4 is 15.2 Å². The van der Waals surface area contributed by atoms with E-state index in [4.69, 9.17) is 18.0 Å². The molecule has 98 valence electrons. The average molecular weight is 285 g/mol. The summed E-state index contributed by atoms with van der Waals surface area (Å²) in [6.07, 6.45) is 1.76. The summed E-state index contributed by atoms with van der Waals surface area (Å²) in [5, 5.41) is 0. The second-order valence-corrected chi connectivity index (χ2v) is 6.21. The normalized spacial score (nSPS) is 17.3. The van der Waals surface area contributed by atoms with E-state index >= 15 is 0 Å². The van der Waals surface area contributed by atoms with E-state index < -0.39 is 16.3 Å². The molecular weight excluding hydrogens is 270 g/mol. The summed E-state index contributed by atoms with van der Waals surface area (Å²) in [7, 11) is -3.58. The first-order valence-corrected chi connectivity index (χ1v) is 7.51. The predicted molar refractivity (Wildman–Crippen MR) is 74.2 cm³/mol. The molecule has 7 heteroatoms. The molecule has 0 spiro atoms. The van der Waals surface area contributed by atoms with Gasteiger partial charge in [0.1, 0.15) is 0 Å². The van der Waals surface area contributed by atoms with E-state index in [0.29, 0.717) is 0 Å². The lowest BCUT2D eigenvalue weighted by atomic mass is 10.1. The second kappa shape index (κ2) is 5.31. The molecule has 2 rings (SSSR count). The SMILES string of the molecule is NC(=S)C(NS(=O)(=O)NC1CC1)c1ccccc1. The van der Waals surface area contributed by atoms with Crippen molar-refractivity contribution in [3.63, 3.8) is 0 Å². The number of hydrogen-bond donors (Lipinski definition) is 3.